The molecule has 1 saturated carbocycles. The van der Waals surface area contributed by atoms with E-state index in [9.17, 15) is 0 Å². The Morgan fingerprint density at radius 3 is 2.50 bits per heavy atom. The second kappa shape index (κ2) is 4.27. The van der Waals surface area contributed by atoms with Gasteiger partial charge < -0.3 is 4.74 Å². The van der Waals surface area contributed by atoms with Crippen LogP contribution in [0.1, 0.15) is 46.0 Å². The third-order valence-corrected chi connectivity index (χ3v) is 2.71. The maximum absolute atomic E-state index is 5.83. The van der Waals surface area contributed by atoms with Gasteiger partial charge in [-0.25, -0.2) is 0 Å². The Kier molecular flexibility index (Phi) is 3.57. The van der Waals surface area contributed by atoms with Crippen molar-refractivity contribution < 1.29 is 4.74 Å². The Labute approximate surface area is 76.5 Å². The molecule has 0 aliphatic heterocycles. The Morgan fingerprint density at radius 2 is 2.08 bits per heavy atom. The number of hydrogen-bond donors (Lipinski definition) is 0. The molecule has 0 saturated heterocycles. The molecule has 0 unspecified atom stereocenters. The maximum atomic E-state index is 5.83. The molecule has 1 radical (unpaired) electrons. The standard InChI is InChI=1S/C11H21O/c1-4-8-11(2,3)12-9-10-6-5-7-10/h10H,1,4-9H2,2-3H3. The molecule has 0 spiro atoms. The molecular weight excluding hydrogens is 148 g/mol. The minimum absolute atomic E-state index is 0.0529. The molecule has 1 aliphatic carbocycles. The van der Waals surface area contributed by atoms with E-state index in [1.54, 1.807) is 0 Å². The lowest BCUT2D eigenvalue weighted by Crippen LogP contribution is -2.29. The van der Waals surface area contributed by atoms with E-state index in [1.807, 2.05) is 0 Å². The minimum atomic E-state index is 0.0529. The molecule has 1 rings (SSSR count). The van der Waals surface area contributed by atoms with Gasteiger partial charge in [-0.2, -0.15) is 0 Å². The first-order chi connectivity index (χ1) is 5.64. The smallest absolute Gasteiger partial charge is 0.0626 e. The van der Waals surface area contributed by atoms with Gasteiger partial charge in [-0.1, -0.05) is 19.8 Å². The molecule has 0 aromatic carbocycles. The van der Waals surface area contributed by atoms with Crippen molar-refractivity contribution in [3.05, 3.63) is 6.92 Å². The summed E-state index contributed by atoms with van der Waals surface area (Å²) in [6.07, 6.45) is 6.20. The first-order valence-corrected chi connectivity index (χ1v) is 5.07. The van der Waals surface area contributed by atoms with Gasteiger partial charge in [0.1, 0.15) is 0 Å². The molecule has 1 heteroatoms. The van der Waals surface area contributed by atoms with Crippen molar-refractivity contribution in [1.29, 1.82) is 0 Å². The molecule has 0 aromatic rings. The van der Waals surface area contributed by atoms with Crippen molar-refractivity contribution in [3.63, 3.8) is 0 Å². The summed E-state index contributed by atoms with van der Waals surface area (Å²) in [5, 5.41) is 0. The fourth-order valence-corrected chi connectivity index (χ4v) is 1.50. The first kappa shape index (κ1) is 10.0. The molecular formula is C11H21O. The van der Waals surface area contributed by atoms with Crippen molar-refractivity contribution in [3.8, 4) is 0 Å². The largest absolute Gasteiger partial charge is 0.375 e. The normalized spacial score (nSPS) is 19.2. The molecule has 1 nitrogen and oxygen atoms in total. The predicted molar refractivity (Wildman–Crippen MR) is 52.0 cm³/mol. The average molecular weight is 169 g/mol. The van der Waals surface area contributed by atoms with E-state index in [2.05, 4.69) is 20.8 Å². The van der Waals surface area contributed by atoms with Crippen LogP contribution in [-0.4, -0.2) is 12.2 Å². The number of hydrogen-bond acceptors (Lipinski definition) is 1. The molecule has 1 fully saturated rings. The van der Waals surface area contributed by atoms with Gasteiger partial charge in [-0.3, -0.25) is 0 Å². The summed E-state index contributed by atoms with van der Waals surface area (Å²) in [4.78, 5) is 0. The molecule has 0 aromatic heterocycles. The highest BCUT2D eigenvalue weighted by Gasteiger charge is 2.22. The van der Waals surface area contributed by atoms with E-state index >= 15 is 0 Å². The van der Waals surface area contributed by atoms with E-state index in [1.165, 1.54) is 19.3 Å². The fourth-order valence-electron chi connectivity index (χ4n) is 1.50. The second-order valence-corrected chi connectivity index (χ2v) is 4.47. The summed E-state index contributed by atoms with van der Waals surface area (Å²) in [5.74, 6) is 0.856. The summed E-state index contributed by atoms with van der Waals surface area (Å²) >= 11 is 0. The highest BCUT2D eigenvalue weighted by Crippen LogP contribution is 2.28. The zero-order valence-corrected chi connectivity index (χ0v) is 8.44. The van der Waals surface area contributed by atoms with Gasteiger partial charge in [0.15, 0.2) is 0 Å². The van der Waals surface area contributed by atoms with Crippen LogP contribution in [-0.2, 0) is 4.74 Å². The predicted octanol–water partition coefficient (Wildman–Crippen LogP) is 3.20. The van der Waals surface area contributed by atoms with Crippen LogP contribution in [0.15, 0.2) is 0 Å². The Morgan fingerprint density at radius 1 is 1.42 bits per heavy atom. The quantitative estimate of drug-likeness (QED) is 0.614. The lowest BCUT2D eigenvalue weighted by molar-refractivity contribution is -0.0516. The summed E-state index contributed by atoms with van der Waals surface area (Å²) in [6, 6.07) is 0. The fraction of sp³-hybridized carbons (Fsp3) is 0.909. The zero-order valence-electron chi connectivity index (χ0n) is 8.44. The average Bonchev–Trinajstić information content (AvgIpc) is 1.82. The first-order valence-electron chi connectivity index (χ1n) is 5.07. The Hall–Kier alpha value is -0.0400. The van der Waals surface area contributed by atoms with Gasteiger partial charge in [-0.15, -0.1) is 0 Å². The van der Waals surface area contributed by atoms with Crippen LogP contribution >= 0.6 is 0 Å². The van der Waals surface area contributed by atoms with Crippen molar-refractivity contribution in [2.45, 2.75) is 51.6 Å². The van der Waals surface area contributed by atoms with Gasteiger partial charge in [0.25, 0.3) is 0 Å². The topological polar surface area (TPSA) is 9.23 Å². The molecule has 0 heterocycles. The van der Waals surface area contributed by atoms with Crippen LogP contribution in [0.3, 0.4) is 0 Å². The van der Waals surface area contributed by atoms with Crippen LogP contribution in [0, 0.1) is 12.8 Å². The summed E-state index contributed by atoms with van der Waals surface area (Å²) in [7, 11) is 0. The number of rotatable bonds is 5. The van der Waals surface area contributed by atoms with Crippen molar-refractivity contribution in [2.75, 3.05) is 6.61 Å². The molecule has 1 aliphatic rings. The van der Waals surface area contributed by atoms with Gasteiger partial charge in [0, 0.05) is 0 Å². The summed E-state index contributed by atoms with van der Waals surface area (Å²) in [6.45, 7) is 9.14. The highest BCUT2D eigenvalue weighted by molar-refractivity contribution is 4.73. The van der Waals surface area contributed by atoms with Gasteiger partial charge >= 0.3 is 0 Å². The van der Waals surface area contributed by atoms with E-state index in [-0.39, 0.29) is 5.60 Å². The molecule has 71 valence electrons. The van der Waals surface area contributed by atoms with Crippen LogP contribution in [0.25, 0.3) is 0 Å². The third kappa shape index (κ3) is 3.14. The molecule has 0 N–H and O–H groups in total. The Bertz CT molecular complexity index is 125. The van der Waals surface area contributed by atoms with E-state index in [0.29, 0.717) is 0 Å². The van der Waals surface area contributed by atoms with E-state index in [4.69, 9.17) is 4.74 Å². The summed E-state index contributed by atoms with van der Waals surface area (Å²) in [5.41, 5.74) is 0.0529. The van der Waals surface area contributed by atoms with E-state index < -0.39 is 0 Å². The lowest BCUT2D eigenvalue weighted by Gasteiger charge is -2.31. The third-order valence-electron chi connectivity index (χ3n) is 2.71. The molecule has 0 amide bonds. The van der Waals surface area contributed by atoms with E-state index in [0.717, 1.165) is 25.4 Å². The second-order valence-electron chi connectivity index (χ2n) is 4.47. The van der Waals surface area contributed by atoms with Gasteiger partial charge in [0.05, 0.1) is 12.2 Å². The number of ether oxygens (including phenoxy) is 1. The van der Waals surface area contributed by atoms with Crippen LogP contribution in [0.4, 0.5) is 0 Å². The van der Waals surface area contributed by atoms with Crippen molar-refractivity contribution >= 4 is 0 Å². The van der Waals surface area contributed by atoms with Crippen molar-refractivity contribution in [1.82, 2.24) is 0 Å². The van der Waals surface area contributed by atoms with Gasteiger partial charge in [0.2, 0.25) is 0 Å². The Balaban J connectivity index is 2.10. The van der Waals surface area contributed by atoms with Crippen LogP contribution in [0.2, 0.25) is 0 Å². The lowest BCUT2D eigenvalue weighted by atomic mass is 9.86. The molecule has 0 atom stereocenters. The molecule has 0 bridgehead atoms. The maximum Gasteiger partial charge on any atom is 0.0626 e. The van der Waals surface area contributed by atoms with Crippen LogP contribution in [0.5, 0.6) is 0 Å². The SMILES string of the molecule is [CH2]CCC(C)(C)OCC1CCC1. The van der Waals surface area contributed by atoms with Crippen molar-refractivity contribution in [2.24, 2.45) is 5.92 Å². The monoisotopic (exact) mass is 169 g/mol. The van der Waals surface area contributed by atoms with Gasteiger partial charge in [-0.05, 0) is 39.0 Å². The minimum Gasteiger partial charge on any atom is -0.375 e. The van der Waals surface area contributed by atoms with Crippen LogP contribution < -0.4 is 0 Å². The molecule has 12 heavy (non-hydrogen) atoms. The highest BCUT2D eigenvalue weighted by atomic mass is 16.5. The summed E-state index contributed by atoms with van der Waals surface area (Å²) < 4.78 is 5.83. The zero-order chi connectivity index (χ0) is 9.03.